The monoisotopic (exact) mass is 586 g/mol. The van der Waals surface area contributed by atoms with Crippen molar-refractivity contribution in [3.63, 3.8) is 0 Å². The molecule has 0 bridgehead atoms. The molecule has 0 atom stereocenters. The topological polar surface area (TPSA) is 139 Å². The number of halogens is 9. The van der Waals surface area contributed by atoms with E-state index in [0.29, 0.717) is 13.8 Å². The van der Waals surface area contributed by atoms with E-state index in [1.165, 1.54) is 0 Å². The molecular formula is C17H9F9Li2N2O6S2. The smallest absolute Gasteiger partial charge is 0.861 e. The van der Waals surface area contributed by atoms with Gasteiger partial charge in [0.15, 0.2) is 56.3 Å². The summed E-state index contributed by atoms with van der Waals surface area (Å²) in [5.41, 5.74) is -1.01. The predicted octanol–water partition coefficient (Wildman–Crippen LogP) is -4.12. The Labute approximate surface area is 232 Å². The third-order valence-electron chi connectivity index (χ3n) is 3.63. The van der Waals surface area contributed by atoms with Gasteiger partial charge < -0.3 is 10.2 Å². The molecule has 38 heavy (non-hydrogen) atoms. The number of hydrogen-bond acceptors (Lipinski definition) is 6. The second kappa shape index (κ2) is 13.8. The largest absolute Gasteiger partial charge is 1.00 e. The predicted molar refractivity (Wildman–Crippen MR) is 97.8 cm³/mol. The van der Waals surface area contributed by atoms with E-state index >= 15 is 0 Å². The SMILES string of the molecule is CC([O-])=NS(=O)(=O)c1c(F)c(F)c(C)c(F)c1F.CC([O-])=NS(=O)(=O)c1c(F)c(F)c(F)c(F)c1F.[Li+].[Li+]. The van der Waals surface area contributed by atoms with Crippen molar-refractivity contribution in [1.82, 2.24) is 0 Å². The van der Waals surface area contributed by atoms with Gasteiger partial charge in [-0.2, -0.15) is 25.6 Å². The zero-order valence-corrected chi connectivity index (χ0v) is 21.2. The fraction of sp³-hybridized carbons (Fsp3) is 0.176. The normalized spacial score (nSPS) is 12.2. The van der Waals surface area contributed by atoms with Gasteiger partial charge in [0.2, 0.25) is 5.82 Å². The molecule has 0 spiro atoms. The Balaban J connectivity index is 0. The maximum Gasteiger partial charge on any atom is 1.00 e. The Morgan fingerprint density at radius 1 is 0.526 bits per heavy atom. The van der Waals surface area contributed by atoms with Gasteiger partial charge in [0.1, 0.15) is 0 Å². The third-order valence-corrected chi connectivity index (χ3v) is 6.37. The summed E-state index contributed by atoms with van der Waals surface area (Å²) in [6.07, 6.45) is 0. The number of benzene rings is 2. The maximum atomic E-state index is 13.3. The van der Waals surface area contributed by atoms with Crippen molar-refractivity contribution in [3.8, 4) is 0 Å². The van der Waals surface area contributed by atoms with Crippen LogP contribution >= 0.6 is 0 Å². The van der Waals surface area contributed by atoms with Crippen molar-refractivity contribution in [2.45, 2.75) is 30.6 Å². The fourth-order valence-electron chi connectivity index (χ4n) is 2.19. The van der Waals surface area contributed by atoms with Gasteiger partial charge in [-0.15, -0.1) is 0 Å². The van der Waals surface area contributed by atoms with E-state index in [2.05, 4.69) is 8.80 Å². The molecule has 2 aromatic rings. The van der Waals surface area contributed by atoms with Gasteiger partial charge in [-0.05, 0) is 32.6 Å². The number of sulfonamides is 2. The molecule has 8 nitrogen and oxygen atoms in total. The van der Waals surface area contributed by atoms with Crippen LogP contribution in [0.3, 0.4) is 0 Å². The van der Waals surface area contributed by atoms with Gasteiger partial charge in [-0.3, -0.25) is 0 Å². The van der Waals surface area contributed by atoms with Crippen LogP contribution in [0.1, 0.15) is 19.4 Å². The molecule has 0 aliphatic heterocycles. The van der Waals surface area contributed by atoms with Crippen molar-refractivity contribution in [2.24, 2.45) is 8.80 Å². The molecule has 0 heterocycles. The molecule has 0 aliphatic carbocycles. The molecule has 2 rings (SSSR count). The number of hydrogen-bond donors (Lipinski definition) is 0. The second-order valence-corrected chi connectivity index (χ2v) is 9.36. The van der Waals surface area contributed by atoms with Crippen LogP contribution in [-0.4, -0.2) is 28.6 Å². The fourth-order valence-corrected chi connectivity index (χ4v) is 4.31. The molecule has 0 fully saturated rings. The van der Waals surface area contributed by atoms with Gasteiger partial charge in [-0.25, -0.2) is 39.5 Å². The van der Waals surface area contributed by atoms with Crippen LogP contribution in [0.5, 0.6) is 0 Å². The first-order valence-electron chi connectivity index (χ1n) is 8.50. The Bertz CT molecular complexity index is 1340. The van der Waals surface area contributed by atoms with Gasteiger partial charge in [-0.1, -0.05) is 0 Å². The average molecular weight is 586 g/mol. The van der Waals surface area contributed by atoms with Crippen molar-refractivity contribution in [3.05, 3.63) is 57.9 Å². The van der Waals surface area contributed by atoms with Crippen molar-refractivity contribution in [1.29, 1.82) is 0 Å². The maximum absolute atomic E-state index is 13.3. The average Bonchev–Trinajstić information content (AvgIpc) is 2.72. The summed E-state index contributed by atoms with van der Waals surface area (Å²) >= 11 is 0. The molecule has 0 aliphatic rings. The zero-order chi connectivity index (χ0) is 28.5. The first-order chi connectivity index (χ1) is 16.2. The first-order valence-corrected chi connectivity index (χ1v) is 11.4. The molecule has 0 amide bonds. The molecular weight excluding hydrogens is 577 g/mol. The summed E-state index contributed by atoms with van der Waals surface area (Å²) in [7, 11) is -10.4. The summed E-state index contributed by atoms with van der Waals surface area (Å²) in [4.78, 5) is -4.08. The molecule has 0 N–H and O–H groups in total. The number of rotatable bonds is 4. The summed E-state index contributed by atoms with van der Waals surface area (Å²) in [5.74, 6) is -23.1. The summed E-state index contributed by atoms with van der Waals surface area (Å²) in [5, 5.41) is 21.0. The quantitative estimate of drug-likeness (QED) is 0.0892. The van der Waals surface area contributed by atoms with Crippen LogP contribution in [0.15, 0.2) is 18.6 Å². The van der Waals surface area contributed by atoms with E-state index in [1.54, 1.807) is 0 Å². The van der Waals surface area contributed by atoms with Crippen LogP contribution < -0.4 is 47.9 Å². The molecule has 0 saturated carbocycles. The van der Waals surface area contributed by atoms with E-state index in [0.717, 1.165) is 6.92 Å². The Morgan fingerprint density at radius 2 is 0.737 bits per heavy atom. The van der Waals surface area contributed by atoms with E-state index in [-0.39, 0.29) is 37.7 Å². The van der Waals surface area contributed by atoms with E-state index in [4.69, 9.17) is 0 Å². The van der Waals surface area contributed by atoms with Crippen molar-refractivity contribution in [2.75, 3.05) is 0 Å². The summed E-state index contributed by atoms with van der Waals surface area (Å²) < 4.78 is 167. The molecule has 0 saturated heterocycles. The van der Waals surface area contributed by atoms with Gasteiger partial charge in [0.25, 0.3) is 20.0 Å². The zero-order valence-electron chi connectivity index (χ0n) is 19.6. The minimum absolute atomic E-state index is 0. The number of nitrogens with zero attached hydrogens (tertiary/aromatic N) is 2. The van der Waals surface area contributed by atoms with Gasteiger partial charge in [0.05, 0.1) is 0 Å². The Hall–Kier alpha value is -2.16. The first kappa shape index (κ1) is 38.0. The van der Waals surface area contributed by atoms with Crippen LogP contribution in [0.4, 0.5) is 39.5 Å². The van der Waals surface area contributed by atoms with E-state index in [9.17, 15) is 66.6 Å². The third kappa shape index (κ3) is 7.93. The van der Waals surface area contributed by atoms with E-state index < -0.39 is 99.6 Å². The minimum atomic E-state index is -5.30. The van der Waals surface area contributed by atoms with E-state index in [1.807, 2.05) is 0 Å². The molecule has 21 heteroatoms. The Kier molecular flexibility index (Phi) is 13.8. The molecule has 0 aromatic heterocycles. The minimum Gasteiger partial charge on any atom is -0.861 e. The van der Waals surface area contributed by atoms with Crippen LogP contribution in [0.25, 0.3) is 0 Å². The van der Waals surface area contributed by atoms with Crippen LogP contribution in [-0.2, 0) is 20.0 Å². The summed E-state index contributed by atoms with van der Waals surface area (Å²) in [6.45, 7) is 2.06. The van der Waals surface area contributed by atoms with Crippen molar-refractivity contribution >= 4 is 31.8 Å². The molecule has 200 valence electrons. The van der Waals surface area contributed by atoms with Crippen molar-refractivity contribution < 1.29 is 104 Å². The van der Waals surface area contributed by atoms with Gasteiger partial charge >= 0.3 is 37.7 Å². The summed E-state index contributed by atoms with van der Waals surface area (Å²) in [6, 6.07) is 0. The standard InChI is InChI=1S/C9H7F4NO3S.C8H4F5NO3S.2Li/c1-3-5(10)7(12)9(8(13)6(3)11)18(16,17)14-4(2)15;1-2(15)14-18(16,17)8-6(12)4(10)3(9)5(11)7(8)13;;/h1-2H3,(H,14,15);1H3,(H,14,15);;/q;;2*+1/p-2. The van der Waals surface area contributed by atoms with Crippen LogP contribution in [0.2, 0.25) is 0 Å². The van der Waals surface area contributed by atoms with Crippen LogP contribution in [0, 0.1) is 59.3 Å². The molecule has 0 unspecified atom stereocenters. The second-order valence-electron chi connectivity index (χ2n) is 6.28. The molecule has 2 aromatic carbocycles. The van der Waals surface area contributed by atoms with Gasteiger partial charge in [0, 0.05) is 5.56 Å². The molecule has 0 radical (unpaired) electrons. The Morgan fingerprint density at radius 3 is 0.974 bits per heavy atom.